The molecule has 1 nitrogen and oxygen atoms in total. The lowest BCUT2D eigenvalue weighted by Crippen LogP contribution is -1.89. The highest BCUT2D eigenvalue weighted by Crippen LogP contribution is 2.37. The largest absolute Gasteiger partial charge is 0.456 e. The lowest BCUT2D eigenvalue weighted by molar-refractivity contribution is 0.669. The van der Waals surface area contributed by atoms with Crippen LogP contribution in [0.15, 0.2) is 95.4 Å². The zero-order chi connectivity index (χ0) is 17.5. The van der Waals surface area contributed by atoms with E-state index in [9.17, 15) is 0 Å². The van der Waals surface area contributed by atoms with Gasteiger partial charge in [-0.2, -0.15) is 0 Å². The lowest BCUT2D eigenvalue weighted by Gasteiger charge is -2.13. The second-order valence-corrected chi connectivity index (χ2v) is 6.67. The van der Waals surface area contributed by atoms with Gasteiger partial charge in [0, 0.05) is 10.8 Å². The van der Waals surface area contributed by atoms with Gasteiger partial charge in [-0.3, -0.25) is 0 Å². The SMILES string of the molecule is Cc1cccc(-c2ccc3oc4ccccc4c3c2)c1-c1ccccc1. The number of furan rings is 1. The van der Waals surface area contributed by atoms with Gasteiger partial charge in [0.05, 0.1) is 0 Å². The molecule has 0 radical (unpaired) electrons. The molecule has 1 aromatic heterocycles. The van der Waals surface area contributed by atoms with Crippen molar-refractivity contribution in [1.29, 1.82) is 0 Å². The Morgan fingerprint density at radius 1 is 0.577 bits per heavy atom. The monoisotopic (exact) mass is 334 g/mol. The number of rotatable bonds is 2. The third kappa shape index (κ3) is 2.33. The van der Waals surface area contributed by atoms with Crippen molar-refractivity contribution < 1.29 is 4.42 Å². The fourth-order valence-electron chi connectivity index (χ4n) is 3.79. The zero-order valence-electron chi connectivity index (χ0n) is 14.6. The highest BCUT2D eigenvalue weighted by Gasteiger charge is 2.12. The molecule has 0 unspecified atom stereocenters. The summed E-state index contributed by atoms with van der Waals surface area (Å²) in [6.45, 7) is 2.18. The number of fused-ring (bicyclic) bond motifs is 3. The third-order valence-electron chi connectivity index (χ3n) is 5.02. The van der Waals surface area contributed by atoms with Gasteiger partial charge in [-0.15, -0.1) is 0 Å². The van der Waals surface area contributed by atoms with E-state index in [0.29, 0.717) is 0 Å². The van der Waals surface area contributed by atoms with E-state index in [0.717, 1.165) is 11.2 Å². The highest BCUT2D eigenvalue weighted by atomic mass is 16.3. The first-order valence-corrected chi connectivity index (χ1v) is 8.88. The quantitative estimate of drug-likeness (QED) is 0.332. The molecule has 0 spiro atoms. The van der Waals surface area contributed by atoms with Crippen molar-refractivity contribution in [1.82, 2.24) is 0 Å². The lowest BCUT2D eigenvalue weighted by atomic mass is 9.90. The van der Waals surface area contributed by atoms with Gasteiger partial charge in [-0.05, 0) is 52.9 Å². The van der Waals surface area contributed by atoms with Gasteiger partial charge in [0.25, 0.3) is 0 Å². The number of benzene rings is 4. The Morgan fingerprint density at radius 2 is 1.35 bits per heavy atom. The Hall–Kier alpha value is -3.32. The molecule has 5 aromatic rings. The molecule has 0 saturated carbocycles. The minimum absolute atomic E-state index is 0.934. The first-order chi connectivity index (χ1) is 12.8. The van der Waals surface area contributed by atoms with Crippen LogP contribution in [0.5, 0.6) is 0 Å². The van der Waals surface area contributed by atoms with Crippen LogP contribution in [0, 0.1) is 6.92 Å². The molecule has 5 rings (SSSR count). The second-order valence-electron chi connectivity index (χ2n) is 6.67. The minimum atomic E-state index is 0.934. The Balaban J connectivity index is 1.78. The molecule has 4 aromatic carbocycles. The maximum atomic E-state index is 5.98. The van der Waals surface area contributed by atoms with E-state index in [-0.39, 0.29) is 0 Å². The molecular formula is C25H18O. The molecule has 0 aliphatic heterocycles. The van der Waals surface area contributed by atoms with Gasteiger partial charge >= 0.3 is 0 Å². The number of hydrogen-bond donors (Lipinski definition) is 0. The Labute approximate surface area is 152 Å². The summed E-state index contributed by atoms with van der Waals surface area (Å²) >= 11 is 0. The van der Waals surface area contributed by atoms with Crippen LogP contribution in [0.3, 0.4) is 0 Å². The summed E-state index contributed by atoms with van der Waals surface area (Å²) in [5, 5.41) is 2.33. The summed E-state index contributed by atoms with van der Waals surface area (Å²) in [6, 6.07) is 31.8. The van der Waals surface area contributed by atoms with Crippen molar-refractivity contribution >= 4 is 21.9 Å². The topological polar surface area (TPSA) is 13.1 Å². The van der Waals surface area contributed by atoms with Crippen LogP contribution < -0.4 is 0 Å². The van der Waals surface area contributed by atoms with Crippen LogP contribution in [0.4, 0.5) is 0 Å². The van der Waals surface area contributed by atoms with Crippen molar-refractivity contribution in [2.45, 2.75) is 6.92 Å². The Morgan fingerprint density at radius 3 is 2.23 bits per heavy atom. The molecule has 0 fully saturated rings. The van der Waals surface area contributed by atoms with Crippen LogP contribution >= 0.6 is 0 Å². The molecule has 1 heterocycles. The Kier molecular flexibility index (Phi) is 3.39. The third-order valence-corrected chi connectivity index (χ3v) is 5.02. The predicted molar refractivity (Wildman–Crippen MR) is 109 cm³/mol. The number of para-hydroxylation sites is 1. The first kappa shape index (κ1) is 15.0. The van der Waals surface area contributed by atoms with Crippen LogP contribution in [0.25, 0.3) is 44.2 Å². The normalized spacial score (nSPS) is 11.3. The summed E-state index contributed by atoms with van der Waals surface area (Å²) in [5.41, 5.74) is 8.16. The van der Waals surface area contributed by atoms with Gasteiger partial charge in [-0.1, -0.05) is 72.8 Å². The minimum Gasteiger partial charge on any atom is -0.456 e. The smallest absolute Gasteiger partial charge is 0.135 e. The van der Waals surface area contributed by atoms with E-state index in [1.165, 1.54) is 38.6 Å². The average Bonchev–Trinajstić information content (AvgIpc) is 3.06. The highest BCUT2D eigenvalue weighted by molar-refractivity contribution is 6.06. The van der Waals surface area contributed by atoms with Gasteiger partial charge in [0.1, 0.15) is 11.2 Å². The van der Waals surface area contributed by atoms with Crippen LogP contribution in [-0.2, 0) is 0 Å². The molecular weight excluding hydrogens is 316 g/mol. The molecule has 0 atom stereocenters. The van der Waals surface area contributed by atoms with Crippen LogP contribution in [0.1, 0.15) is 5.56 Å². The summed E-state index contributed by atoms with van der Waals surface area (Å²) in [4.78, 5) is 0. The molecule has 124 valence electrons. The first-order valence-electron chi connectivity index (χ1n) is 8.88. The van der Waals surface area contributed by atoms with Gasteiger partial charge < -0.3 is 4.42 Å². The van der Waals surface area contributed by atoms with Crippen molar-refractivity contribution in [3.05, 3.63) is 96.6 Å². The maximum absolute atomic E-state index is 5.98. The average molecular weight is 334 g/mol. The van der Waals surface area contributed by atoms with Gasteiger partial charge in [0.2, 0.25) is 0 Å². The number of hydrogen-bond acceptors (Lipinski definition) is 1. The molecule has 0 aliphatic rings. The molecule has 0 bridgehead atoms. The molecule has 0 saturated heterocycles. The van der Waals surface area contributed by atoms with E-state index in [1.54, 1.807) is 0 Å². The van der Waals surface area contributed by atoms with Crippen molar-refractivity contribution in [2.24, 2.45) is 0 Å². The fourth-order valence-corrected chi connectivity index (χ4v) is 3.79. The van der Waals surface area contributed by atoms with Crippen molar-refractivity contribution in [2.75, 3.05) is 0 Å². The van der Waals surface area contributed by atoms with Gasteiger partial charge in [0.15, 0.2) is 0 Å². The van der Waals surface area contributed by atoms with E-state index < -0.39 is 0 Å². The Bertz CT molecular complexity index is 1230. The molecule has 26 heavy (non-hydrogen) atoms. The van der Waals surface area contributed by atoms with Gasteiger partial charge in [-0.25, -0.2) is 0 Å². The van der Waals surface area contributed by atoms with E-state index in [4.69, 9.17) is 4.42 Å². The second kappa shape index (κ2) is 5.89. The summed E-state index contributed by atoms with van der Waals surface area (Å²) in [6.07, 6.45) is 0. The summed E-state index contributed by atoms with van der Waals surface area (Å²) < 4.78 is 5.98. The summed E-state index contributed by atoms with van der Waals surface area (Å²) in [7, 11) is 0. The van der Waals surface area contributed by atoms with E-state index in [2.05, 4.69) is 85.8 Å². The van der Waals surface area contributed by atoms with Crippen LogP contribution in [0.2, 0.25) is 0 Å². The zero-order valence-corrected chi connectivity index (χ0v) is 14.6. The fraction of sp³-hybridized carbons (Fsp3) is 0.0400. The molecule has 0 N–H and O–H groups in total. The van der Waals surface area contributed by atoms with Crippen LogP contribution in [-0.4, -0.2) is 0 Å². The molecule has 1 heteroatoms. The molecule has 0 aliphatic carbocycles. The number of aryl methyl sites for hydroxylation is 1. The standard InChI is InChI=1S/C25H18O/c1-17-8-7-12-20(25(17)18-9-3-2-4-10-18)19-14-15-24-22(16-19)21-11-5-6-13-23(21)26-24/h2-16H,1H3. The van der Waals surface area contributed by atoms with E-state index >= 15 is 0 Å². The molecule has 0 amide bonds. The van der Waals surface area contributed by atoms with Crippen molar-refractivity contribution in [3.63, 3.8) is 0 Å². The predicted octanol–water partition coefficient (Wildman–Crippen LogP) is 7.23. The van der Waals surface area contributed by atoms with E-state index in [1.807, 2.05) is 12.1 Å². The van der Waals surface area contributed by atoms with Crippen molar-refractivity contribution in [3.8, 4) is 22.3 Å². The maximum Gasteiger partial charge on any atom is 0.135 e. The summed E-state index contributed by atoms with van der Waals surface area (Å²) in [5.74, 6) is 0.